The summed E-state index contributed by atoms with van der Waals surface area (Å²) >= 11 is 11.8. The molecule has 1 heterocycles. The molecule has 2 N–H and O–H groups in total. The van der Waals surface area contributed by atoms with Gasteiger partial charge in [0, 0.05) is 32.2 Å². The number of anilines is 1. The zero-order valence-corrected chi connectivity index (χ0v) is 13.9. The smallest absolute Gasteiger partial charge is 0.246 e. The number of phenols is 1. The second-order valence-corrected chi connectivity index (χ2v) is 5.86. The third kappa shape index (κ3) is 4.30. The molecule has 1 aromatic rings. The molecule has 6 nitrogen and oxygen atoms in total. The van der Waals surface area contributed by atoms with Gasteiger partial charge in [0.25, 0.3) is 0 Å². The molecule has 0 spiro atoms. The fourth-order valence-electron chi connectivity index (χ4n) is 2.26. The maximum Gasteiger partial charge on any atom is 0.246 e. The molecule has 2 amide bonds. The van der Waals surface area contributed by atoms with Crippen molar-refractivity contribution in [3.8, 4) is 5.75 Å². The Balaban J connectivity index is 1.88. The van der Waals surface area contributed by atoms with Crippen molar-refractivity contribution in [1.82, 2.24) is 9.80 Å². The van der Waals surface area contributed by atoms with Gasteiger partial charge in [0.05, 0.1) is 22.3 Å². The molecule has 1 fully saturated rings. The van der Waals surface area contributed by atoms with Crippen molar-refractivity contribution in [1.29, 1.82) is 0 Å². The summed E-state index contributed by atoms with van der Waals surface area (Å²) in [4.78, 5) is 27.0. The van der Waals surface area contributed by atoms with Crippen LogP contribution >= 0.6 is 23.2 Å². The second-order valence-electron chi connectivity index (χ2n) is 5.05. The van der Waals surface area contributed by atoms with Crippen LogP contribution in [0.2, 0.25) is 10.0 Å². The zero-order valence-electron chi connectivity index (χ0n) is 12.4. The van der Waals surface area contributed by atoms with Crippen LogP contribution in [0.3, 0.4) is 0 Å². The van der Waals surface area contributed by atoms with Gasteiger partial charge in [0.1, 0.15) is 5.75 Å². The standard InChI is InChI=1S/C15H17Cl2N3O3/c1-2-14(22)19-3-5-20(6-4-19)15(23)9-18-12-7-11(17)13(21)8-10(12)16/h2,7-8,18,21H,1,3-6,9H2. The summed E-state index contributed by atoms with van der Waals surface area (Å²) in [6.07, 6.45) is 1.27. The van der Waals surface area contributed by atoms with Crippen molar-refractivity contribution < 1.29 is 14.7 Å². The van der Waals surface area contributed by atoms with Gasteiger partial charge in [-0.25, -0.2) is 0 Å². The van der Waals surface area contributed by atoms with Gasteiger partial charge >= 0.3 is 0 Å². The van der Waals surface area contributed by atoms with Crippen LogP contribution in [0.15, 0.2) is 24.8 Å². The third-order valence-corrected chi connectivity index (χ3v) is 4.20. The molecule has 23 heavy (non-hydrogen) atoms. The van der Waals surface area contributed by atoms with Gasteiger partial charge in [0.15, 0.2) is 0 Å². The van der Waals surface area contributed by atoms with Gasteiger partial charge < -0.3 is 20.2 Å². The molecule has 0 aromatic heterocycles. The molecular formula is C15H17Cl2N3O3. The third-order valence-electron chi connectivity index (χ3n) is 3.59. The number of rotatable bonds is 4. The number of carbonyl (C=O) groups is 2. The largest absolute Gasteiger partial charge is 0.506 e. The molecule has 0 saturated carbocycles. The quantitative estimate of drug-likeness (QED) is 0.638. The summed E-state index contributed by atoms with van der Waals surface area (Å²) in [6.45, 7) is 5.43. The first-order valence-electron chi connectivity index (χ1n) is 7.03. The average molecular weight is 358 g/mol. The molecule has 1 aromatic carbocycles. The van der Waals surface area contributed by atoms with E-state index in [2.05, 4.69) is 11.9 Å². The van der Waals surface area contributed by atoms with Crippen LogP contribution in [-0.2, 0) is 9.59 Å². The second kappa shape index (κ2) is 7.57. The molecule has 1 saturated heterocycles. The predicted molar refractivity (Wildman–Crippen MR) is 90.0 cm³/mol. The first-order chi connectivity index (χ1) is 10.9. The number of phenolic OH excluding ortho intramolecular Hbond substituents is 1. The van der Waals surface area contributed by atoms with E-state index in [0.29, 0.717) is 31.9 Å². The number of halogens is 2. The van der Waals surface area contributed by atoms with E-state index in [-0.39, 0.29) is 34.2 Å². The van der Waals surface area contributed by atoms with Crippen molar-refractivity contribution in [2.24, 2.45) is 0 Å². The number of piperazine rings is 1. The molecule has 2 rings (SSSR count). The Hall–Kier alpha value is -1.92. The Labute approximate surface area is 144 Å². The summed E-state index contributed by atoms with van der Waals surface area (Å²) in [5.41, 5.74) is 0.475. The van der Waals surface area contributed by atoms with Crippen molar-refractivity contribution in [3.63, 3.8) is 0 Å². The van der Waals surface area contributed by atoms with Crippen molar-refractivity contribution >= 4 is 40.7 Å². The Morgan fingerprint density at radius 3 is 2.39 bits per heavy atom. The van der Waals surface area contributed by atoms with Crippen molar-refractivity contribution in [2.75, 3.05) is 38.0 Å². The normalized spacial score (nSPS) is 14.5. The SMILES string of the molecule is C=CC(=O)N1CCN(C(=O)CNc2cc(Cl)c(O)cc2Cl)CC1. The number of amides is 2. The first kappa shape index (κ1) is 17.4. The molecule has 0 unspecified atom stereocenters. The lowest BCUT2D eigenvalue weighted by Gasteiger charge is -2.34. The first-order valence-corrected chi connectivity index (χ1v) is 7.79. The minimum atomic E-state index is -0.124. The topological polar surface area (TPSA) is 72.9 Å². The Bertz CT molecular complexity index is 629. The fraction of sp³-hybridized carbons (Fsp3) is 0.333. The Morgan fingerprint density at radius 2 is 1.78 bits per heavy atom. The lowest BCUT2D eigenvalue weighted by atomic mass is 10.2. The molecule has 124 valence electrons. The van der Waals surface area contributed by atoms with E-state index in [1.807, 2.05) is 0 Å². The van der Waals surface area contributed by atoms with Gasteiger partial charge in [0.2, 0.25) is 11.8 Å². The van der Waals surface area contributed by atoms with Crippen LogP contribution in [0.1, 0.15) is 0 Å². The number of carbonyl (C=O) groups excluding carboxylic acids is 2. The van der Waals surface area contributed by atoms with E-state index in [4.69, 9.17) is 23.2 Å². The van der Waals surface area contributed by atoms with Gasteiger partial charge in [-0.2, -0.15) is 0 Å². The number of benzene rings is 1. The lowest BCUT2D eigenvalue weighted by Crippen LogP contribution is -2.51. The van der Waals surface area contributed by atoms with E-state index < -0.39 is 0 Å². The van der Waals surface area contributed by atoms with Crippen LogP contribution in [0.4, 0.5) is 5.69 Å². The van der Waals surface area contributed by atoms with Crippen molar-refractivity contribution in [3.05, 3.63) is 34.8 Å². The molecule has 1 aliphatic heterocycles. The molecule has 0 aliphatic carbocycles. The monoisotopic (exact) mass is 357 g/mol. The minimum absolute atomic E-state index is 0.0518. The average Bonchev–Trinajstić information content (AvgIpc) is 2.56. The molecule has 8 heteroatoms. The van der Waals surface area contributed by atoms with Gasteiger partial charge in [-0.3, -0.25) is 9.59 Å². The van der Waals surface area contributed by atoms with Crippen LogP contribution in [-0.4, -0.2) is 59.4 Å². The number of nitrogens with zero attached hydrogens (tertiary/aromatic N) is 2. The highest BCUT2D eigenvalue weighted by Crippen LogP contribution is 2.33. The van der Waals surface area contributed by atoms with Gasteiger partial charge in [-0.05, 0) is 12.1 Å². The number of hydrogen-bond donors (Lipinski definition) is 2. The molecule has 1 aliphatic rings. The minimum Gasteiger partial charge on any atom is -0.506 e. The van der Waals surface area contributed by atoms with E-state index in [0.717, 1.165) is 0 Å². The molecule has 0 bridgehead atoms. The van der Waals surface area contributed by atoms with E-state index >= 15 is 0 Å². The van der Waals surface area contributed by atoms with Crippen LogP contribution in [0, 0.1) is 0 Å². The van der Waals surface area contributed by atoms with E-state index in [1.54, 1.807) is 9.80 Å². The summed E-state index contributed by atoms with van der Waals surface area (Å²) < 4.78 is 0. The van der Waals surface area contributed by atoms with Gasteiger partial charge in [-0.1, -0.05) is 29.8 Å². The summed E-state index contributed by atoms with van der Waals surface area (Å²) in [7, 11) is 0. The summed E-state index contributed by atoms with van der Waals surface area (Å²) in [5, 5.41) is 12.8. The maximum absolute atomic E-state index is 12.2. The summed E-state index contributed by atoms with van der Waals surface area (Å²) in [6, 6.07) is 2.78. The predicted octanol–water partition coefficient (Wildman–Crippen LogP) is 1.97. The number of nitrogens with one attached hydrogen (secondary N) is 1. The molecule has 0 atom stereocenters. The molecule has 0 radical (unpaired) electrons. The van der Waals surface area contributed by atoms with Gasteiger partial charge in [-0.15, -0.1) is 0 Å². The fourth-order valence-corrected chi connectivity index (χ4v) is 2.65. The summed E-state index contributed by atoms with van der Waals surface area (Å²) in [5.74, 6) is -0.340. The van der Waals surface area contributed by atoms with Crippen LogP contribution in [0.5, 0.6) is 5.75 Å². The van der Waals surface area contributed by atoms with Crippen LogP contribution in [0.25, 0.3) is 0 Å². The Kier molecular flexibility index (Phi) is 5.74. The van der Waals surface area contributed by atoms with E-state index in [9.17, 15) is 14.7 Å². The number of aromatic hydroxyl groups is 1. The Morgan fingerprint density at radius 1 is 1.17 bits per heavy atom. The zero-order chi connectivity index (χ0) is 17.0. The van der Waals surface area contributed by atoms with Crippen LogP contribution < -0.4 is 5.32 Å². The number of hydrogen-bond acceptors (Lipinski definition) is 4. The highest BCUT2D eigenvalue weighted by Gasteiger charge is 2.22. The molecular weight excluding hydrogens is 341 g/mol. The highest BCUT2D eigenvalue weighted by atomic mass is 35.5. The maximum atomic E-state index is 12.2. The van der Waals surface area contributed by atoms with Crippen molar-refractivity contribution in [2.45, 2.75) is 0 Å². The van der Waals surface area contributed by atoms with E-state index in [1.165, 1.54) is 18.2 Å². The highest BCUT2D eigenvalue weighted by molar-refractivity contribution is 6.36. The lowest BCUT2D eigenvalue weighted by molar-refractivity contribution is -0.135.